The lowest BCUT2D eigenvalue weighted by Crippen LogP contribution is -2.23. The minimum atomic E-state index is -5.32. The Morgan fingerprint density at radius 2 is 1.94 bits per heavy atom. The van der Waals surface area contributed by atoms with Crippen LogP contribution >= 0.6 is 0 Å². The van der Waals surface area contributed by atoms with E-state index >= 15 is 0 Å². The number of benzene rings is 1. The molecule has 3 nitrogen and oxygen atoms in total. The van der Waals surface area contributed by atoms with Gasteiger partial charge >= 0.3 is 5.51 Å². The molecule has 7 heteroatoms. The fourth-order valence-corrected chi connectivity index (χ4v) is 1.94. The molecule has 0 unspecified atom stereocenters. The average Bonchev–Trinajstić information content (AvgIpc) is 2.26. The maximum Gasteiger partial charge on any atom is 0.501 e. The van der Waals surface area contributed by atoms with Crippen molar-refractivity contribution in [2.24, 2.45) is 5.73 Å². The smallest absolute Gasteiger partial charge is 0.326 e. The first-order valence-corrected chi connectivity index (χ1v) is 5.98. The summed E-state index contributed by atoms with van der Waals surface area (Å²) >= 11 is 0. The Balaban J connectivity index is 3.31. The molecule has 17 heavy (non-hydrogen) atoms. The van der Waals surface area contributed by atoms with E-state index in [9.17, 15) is 21.6 Å². The molecule has 0 heterocycles. The molecule has 94 valence electrons. The predicted octanol–water partition coefficient (Wildman–Crippen LogP) is 1.95. The fraction of sp³-hybridized carbons (Fsp3) is 0.200. The van der Waals surface area contributed by atoms with Gasteiger partial charge in [0.15, 0.2) is 0 Å². The Labute approximate surface area is 96.7 Å². The third-order valence-electron chi connectivity index (χ3n) is 2.10. The molecule has 0 saturated heterocycles. The number of nitrogens with two attached hydrogens (primary N) is 1. The Morgan fingerprint density at radius 1 is 1.35 bits per heavy atom. The molecular formula is C10H10F3NO2S. The van der Waals surface area contributed by atoms with Crippen LogP contribution in [0.2, 0.25) is 0 Å². The van der Waals surface area contributed by atoms with Gasteiger partial charge in [-0.2, -0.15) is 13.2 Å². The second-order valence-electron chi connectivity index (χ2n) is 3.28. The van der Waals surface area contributed by atoms with Crippen molar-refractivity contribution < 1.29 is 21.6 Å². The lowest BCUT2D eigenvalue weighted by atomic mass is 10.1. The largest absolute Gasteiger partial charge is 0.501 e. The van der Waals surface area contributed by atoms with Gasteiger partial charge in [-0.1, -0.05) is 18.7 Å². The van der Waals surface area contributed by atoms with Gasteiger partial charge in [-0.25, -0.2) is 8.42 Å². The molecule has 0 aliphatic carbocycles. The number of hydrogen-bond acceptors (Lipinski definition) is 3. The summed E-state index contributed by atoms with van der Waals surface area (Å²) in [4.78, 5) is -0.808. The van der Waals surface area contributed by atoms with E-state index in [1.54, 1.807) is 0 Å². The third kappa shape index (κ3) is 2.67. The lowest BCUT2D eigenvalue weighted by Gasteiger charge is -2.09. The number of halogens is 3. The summed E-state index contributed by atoms with van der Waals surface area (Å²) in [5.41, 5.74) is 0.609. The predicted molar refractivity (Wildman–Crippen MR) is 57.8 cm³/mol. The second kappa shape index (κ2) is 4.50. The highest BCUT2D eigenvalue weighted by molar-refractivity contribution is 7.92. The molecule has 0 aliphatic heterocycles. The first kappa shape index (κ1) is 13.7. The van der Waals surface area contributed by atoms with Crippen LogP contribution in [0.15, 0.2) is 35.7 Å². The Kier molecular flexibility index (Phi) is 3.63. The summed E-state index contributed by atoms with van der Waals surface area (Å²) in [5.74, 6) is 0. The summed E-state index contributed by atoms with van der Waals surface area (Å²) < 4.78 is 59.2. The zero-order chi connectivity index (χ0) is 13.3. The number of alkyl halides is 3. The minimum absolute atomic E-state index is 0.0372. The molecule has 0 bridgehead atoms. The van der Waals surface area contributed by atoms with E-state index in [1.165, 1.54) is 12.1 Å². The van der Waals surface area contributed by atoms with Gasteiger partial charge in [0.2, 0.25) is 0 Å². The van der Waals surface area contributed by atoms with Crippen molar-refractivity contribution in [2.45, 2.75) is 10.4 Å². The number of sulfone groups is 1. The van der Waals surface area contributed by atoms with Gasteiger partial charge in [0.05, 0.1) is 4.90 Å². The molecule has 1 aromatic rings. The zero-order valence-electron chi connectivity index (χ0n) is 8.66. The van der Waals surface area contributed by atoms with Crippen molar-refractivity contribution in [1.29, 1.82) is 0 Å². The molecule has 1 rings (SSSR count). The minimum Gasteiger partial charge on any atom is -0.326 e. The van der Waals surface area contributed by atoms with Crippen molar-refractivity contribution in [3.63, 3.8) is 0 Å². The first-order chi connectivity index (χ1) is 7.70. The quantitative estimate of drug-likeness (QED) is 0.908. The topological polar surface area (TPSA) is 60.2 Å². The standard InChI is InChI=1S/C10H10F3NO2S/c1-7(6-14)8-3-2-4-9(5-8)17(15,16)10(11,12)13/h2-5H,1,6,14H2. The Bertz CT molecular complexity index is 535. The van der Waals surface area contributed by atoms with Crippen LogP contribution in [0, 0.1) is 0 Å². The van der Waals surface area contributed by atoms with Crippen molar-refractivity contribution in [3.05, 3.63) is 36.4 Å². The van der Waals surface area contributed by atoms with Crippen molar-refractivity contribution in [3.8, 4) is 0 Å². The van der Waals surface area contributed by atoms with E-state index in [-0.39, 0.29) is 12.1 Å². The third-order valence-corrected chi connectivity index (χ3v) is 3.59. The van der Waals surface area contributed by atoms with Gasteiger partial charge in [0.25, 0.3) is 9.84 Å². The van der Waals surface area contributed by atoms with Gasteiger partial charge in [0, 0.05) is 6.54 Å². The van der Waals surface area contributed by atoms with Crippen LogP contribution in [-0.2, 0) is 9.84 Å². The van der Waals surface area contributed by atoms with E-state index in [2.05, 4.69) is 6.58 Å². The van der Waals surface area contributed by atoms with Crippen LogP contribution in [0.3, 0.4) is 0 Å². The zero-order valence-corrected chi connectivity index (χ0v) is 9.48. The van der Waals surface area contributed by atoms with Crippen LogP contribution in [0.1, 0.15) is 5.56 Å². The van der Waals surface area contributed by atoms with Gasteiger partial charge in [0.1, 0.15) is 0 Å². The highest BCUT2D eigenvalue weighted by Gasteiger charge is 2.46. The average molecular weight is 265 g/mol. The summed E-state index contributed by atoms with van der Waals surface area (Å²) in [6, 6.07) is 4.47. The molecule has 0 spiro atoms. The van der Waals surface area contributed by atoms with Gasteiger partial charge in [-0.3, -0.25) is 0 Å². The molecule has 0 saturated carbocycles. The SMILES string of the molecule is C=C(CN)c1cccc(S(=O)(=O)C(F)(F)F)c1. The molecular weight excluding hydrogens is 255 g/mol. The maximum absolute atomic E-state index is 12.3. The fourth-order valence-electron chi connectivity index (χ4n) is 1.13. The molecule has 0 atom stereocenters. The summed E-state index contributed by atoms with van der Waals surface area (Å²) in [6.45, 7) is 3.56. The molecule has 0 aliphatic rings. The highest BCUT2D eigenvalue weighted by Crippen LogP contribution is 2.31. The monoisotopic (exact) mass is 265 g/mol. The van der Waals surface area contributed by atoms with Gasteiger partial charge in [-0.05, 0) is 23.3 Å². The number of hydrogen-bond donors (Lipinski definition) is 1. The van der Waals surface area contributed by atoms with Crippen molar-refractivity contribution in [1.82, 2.24) is 0 Å². The Hall–Kier alpha value is -1.34. The highest BCUT2D eigenvalue weighted by atomic mass is 32.2. The molecule has 0 amide bonds. The lowest BCUT2D eigenvalue weighted by molar-refractivity contribution is -0.0436. The van der Waals surface area contributed by atoms with Crippen LogP contribution < -0.4 is 5.73 Å². The molecule has 0 aromatic heterocycles. The Morgan fingerprint density at radius 3 is 2.41 bits per heavy atom. The van der Waals surface area contributed by atoms with E-state index < -0.39 is 20.2 Å². The van der Waals surface area contributed by atoms with E-state index in [4.69, 9.17) is 5.73 Å². The van der Waals surface area contributed by atoms with Crippen LogP contribution in [0.4, 0.5) is 13.2 Å². The van der Waals surface area contributed by atoms with E-state index in [1.807, 2.05) is 0 Å². The maximum atomic E-state index is 12.3. The van der Waals surface area contributed by atoms with Gasteiger partial charge in [-0.15, -0.1) is 0 Å². The molecule has 0 radical (unpaired) electrons. The normalized spacial score (nSPS) is 12.5. The van der Waals surface area contributed by atoms with Crippen LogP contribution in [0.5, 0.6) is 0 Å². The summed E-state index contributed by atoms with van der Waals surface area (Å²) in [5, 5.41) is 0. The van der Waals surface area contributed by atoms with Crippen LogP contribution in [0.25, 0.3) is 5.57 Å². The molecule has 2 N–H and O–H groups in total. The summed E-state index contributed by atoms with van der Waals surface area (Å²) in [6.07, 6.45) is 0. The van der Waals surface area contributed by atoms with Gasteiger partial charge < -0.3 is 5.73 Å². The van der Waals surface area contributed by atoms with E-state index in [0.717, 1.165) is 12.1 Å². The van der Waals surface area contributed by atoms with E-state index in [0.29, 0.717) is 5.57 Å². The first-order valence-electron chi connectivity index (χ1n) is 4.50. The molecule has 0 fully saturated rings. The summed E-state index contributed by atoms with van der Waals surface area (Å²) in [7, 11) is -5.32. The van der Waals surface area contributed by atoms with Crippen molar-refractivity contribution in [2.75, 3.05) is 6.54 Å². The second-order valence-corrected chi connectivity index (χ2v) is 5.23. The molecule has 1 aromatic carbocycles. The van der Waals surface area contributed by atoms with Crippen LogP contribution in [-0.4, -0.2) is 20.5 Å². The number of rotatable bonds is 3. The van der Waals surface area contributed by atoms with Crippen molar-refractivity contribution >= 4 is 15.4 Å².